The molecule has 138 valence electrons. The maximum atomic E-state index is 12.0. The molecule has 0 aliphatic carbocycles. The minimum atomic E-state index is -0.213. The zero-order valence-electron chi connectivity index (χ0n) is 14.3. The van der Waals surface area contributed by atoms with Gasteiger partial charge in [-0.25, -0.2) is 10.4 Å². The number of para-hydroxylation sites is 1. The monoisotopic (exact) mass is 401 g/mol. The van der Waals surface area contributed by atoms with Crippen molar-refractivity contribution in [2.75, 3.05) is 19.7 Å². The fraction of sp³-hybridized carbons (Fsp3) is 0.167. The summed E-state index contributed by atoms with van der Waals surface area (Å²) < 4.78 is 17.9. The van der Waals surface area contributed by atoms with Crippen LogP contribution in [0.5, 0.6) is 17.2 Å². The fourth-order valence-electron chi connectivity index (χ4n) is 2.46. The fourth-order valence-corrected chi connectivity index (χ4v) is 4.32. The topological polar surface area (TPSA) is 82.0 Å². The van der Waals surface area contributed by atoms with Crippen molar-refractivity contribution in [1.82, 2.24) is 10.4 Å². The molecule has 0 unspecified atom stereocenters. The van der Waals surface area contributed by atoms with E-state index in [0.29, 0.717) is 22.8 Å². The number of methoxy groups -OCH3 is 1. The van der Waals surface area contributed by atoms with Gasteiger partial charge in [0.1, 0.15) is 5.75 Å². The Balaban J connectivity index is 1.35. The quantitative estimate of drug-likeness (QED) is 0.388. The molecule has 1 aliphatic heterocycles. The number of thioether (sulfide) groups is 1. The summed E-state index contributed by atoms with van der Waals surface area (Å²) in [6.07, 6.45) is 1.51. The van der Waals surface area contributed by atoms with Gasteiger partial charge in [0.15, 0.2) is 15.8 Å². The molecule has 1 N–H and O–H groups in total. The van der Waals surface area contributed by atoms with Gasteiger partial charge in [-0.05, 0) is 18.2 Å². The molecule has 1 amide bonds. The average Bonchev–Trinajstić information content (AvgIpc) is 3.31. The third-order valence-electron chi connectivity index (χ3n) is 3.72. The molecule has 0 spiro atoms. The Kier molecular flexibility index (Phi) is 5.12. The van der Waals surface area contributed by atoms with E-state index in [1.165, 1.54) is 18.0 Å². The third kappa shape index (κ3) is 3.99. The second kappa shape index (κ2) is 7.85. The molecule has 1 aliphatic rings. The summed E-state index contributed by atoms with van der Waals surface area (Å²) in [4.78, 5) is 16.5. The van der Waals surface area contributed by atoms with Gasteiger partial charge in [-0.15, -0.1) is 11.3 Å². The molecule has 0 saturated heterocycles. The Morgan fingerprint density at radius 3 is 3.00 bits per heavy atom. The number of hydrazone groups is 1. The van der Waals surface area contributed by atoms with E-state index in [1.807, 2.05) is 24.3 Å². The van der Waals surface area contributed by atoms with Crippen LogP contribution in [0, 0.1) is 0 Å². The Morgan fingerprint density at radius 2 is 2.19 bits per heavy atom. The lowest BCUT2D eigenvalue weighted by atomic mass is 10.2. The van der Waals surface area contributed by atoms with Gasteiger partial charge in [0.2, 0.25) is 6.79 Å². The van der Waals surface area contributed by atoms with Crippen LogP contribution in [0.15, 0.2) is 45.8 Å². The van der Waals surface area contributed by atoms with Crippen LogP contribution in [0.1, 0.15) is 5.56 Å². The molecule has 0 bridgehead atoms. The number of carbonyl (C=O) groups excluding carboxylic acids is 1. The normalized spacial score (nSPS) is 12.6. The predicted octanol–water partition coefficient (Wildman–Crippen LogP) is 3.28. The molecule has 2 aromatic carbocycles. The number of hydrogen-bond acceptors (Lipinski definition) is 8. The van der Waals surface area contributed by atoms with Gasteiger partial charge in [-0.2, -0.15) is 5.10 Å². The molecule has 27 heavy (non-hydrogen) atoms. The van der Waals surface area contributed by atoms with Crippen LogP contribution in [0.25, 0.3) is 10.2 Å². The zero-order valence-corrected chi connectivity index (χ0v) is 15.9. The second-order valence-corrected chi connectivity index (χ2v) is 7.73. The maximum absolute atomic E-state index is 12.0. The minimum Gasteiger partial charge on any atom is -0.496 e. The van der Waals surface area contributed by atoms with Gasteiger partial charge in [-0.3, -0.25) is 4.79 Å². The Labute approximate surface area is 163 Å². The van der Waals surface area contributed by atoms with Crippen molar-refractivity contribution < 1.29 is 19.0 Å². The lowest BCUT2D eigenvalue weighted by Gasteiger charge is -2.06. The molecule has 7 nitrogen and oxygen atoms in total. The van der Waals surface area contributed by atoms with E-state index < -0.39 is 0 Å². The second-order valence-electron chi connectivity index (χ2n) is 5.48. The highest BCUT2D eigenvalue weighted by Gasteiger charge is 2.17. The number of aromatic nitrogens is 1. The average molecular weight is 401 g/mol. The number of nitrogens with zero attached hydrogens (tertiary/aromatic N) is 2. The SMILES string of the molecule is COc1cc2c(cc1/C=N\NC(=O)CSc1nc3ccccc3s1)OCO2. The van der Waals surface area contributed by atoms with Gasteiger partial charge in [0.25, 0.3) is 5.91 Å². The van der Waals surface area contributed by atoms with Gasteiger partial charge in [0.05, 0.1) is 29.3 Å². The summed E-state index contributed by atoms with van der Waals surface area (Å²) in [6.45, 7) is 0.179. The molecule has 0 fully saturated rings. The highest BCUT2D eigenvalue weighted by molar-refractivity contribution is 8.01. The number of amides is 1. The molecular weight excluding hydrogens is 386 g/mol. The van der Waals surface area contributed by atoms with Crippen LogP contribution < -0.4 is 19.6 Å². The number of rotatable bonds is 6. The first-order valence-electron chi connectivity index (χ1n) is 8.01. The lowest BCUT2D eigenvalue weighted by molar-refractivity contribution is -0.118. The van der Waals surface area contributed by atoms with Crippen molar-refractivity contribution in [2.45, 2.75) is 4.34 Å². The highest BCUT2D eigenvalue weighted by Crippen LogP contribution is 2.37. The molecular formula is C18H15N3O4S2. The third-order valence-corrected chi connectivity index (χ3v) is 5.90. The van der Waals surface area contributed by atoms with Gasteiger partial charge < -0.3 is 14.2 Å². The van der Waals surface area contributed by atoms with Crippen molar-refractivity contribution in [3.05, 3.63) is 42.0 Å². The molecule has 1 aromatic heterocycles. The Hall–Kier alpha value is -2.78. The molecule has 9 heteroatoms. The zero-order chi connectivity index (χ0) is 18.6. The minimum absolute atomic E-state index is 0.179. The van der Waals surface area contributed by atoms with E-state index in [1.54, 1.807) is 30.6 Å². The first-order chi connectivity index (χ1) is 13.2. The van der Waals surface area contributed by atoms with E-state index in [9.17, 15) is 4.79 Å². The number of carbonyl (C=O) groups is 1. The van der Waals surface area contributed by atoms with Crippen LogP contribution in [0.2, 0.25) is 0 Å². The molecule has 4 rings (SSSR count). The van der Waals surface area contributed by atoms with Crippen molar-refractivity contribution in [3.8, 4) is 17.2 Å². The smallest absolute Gasteiger partial charge is 0.250 e. The van der Waals surface area contributed by atoms with Crippen molar-refractivity contribution >= 4 is 45.4 Å². The van der Waals surface area contributed by atoms with Gasteiger partial charge >= 0.3 is 0 Å². The van der Waals surface area contributed by atoms with E-state index >= 15 is 0 Å². The number of nitrogens with one attached hydrogen (secondary N) is 1. The lowest BCUT2D eigenvalue weighted by Crippen LogP contribution is -2.19. The van der Waals surface area contributed by atoms with Gasteiger partial charge in [0, 0.05) is 11.6 Å². The number of hydrogen-bond donors (Lipinski definition) is 1. The van der Waals surface area contributed by atoms with Crippen LogP contribution in [-0.4, -0.2) is 36.8 Å². The molecule has 0 saturated carbocycles. The number of thiazole rings is 1. The first-order valence-corrected chi connectivity index (χ1v) is 9.81. The van der Waals surface area contributed by atoms with Crippen LogP contribution in [-0.2, 0) is 4.79 Å². The summed E-state index contributed by atoms with van der Waals surface area (Å²) in [6, 6.07) is 11.4. The summed E-state index contributed by atoms with van der Waals surface area (Å²) in [5, 5.41) is 4.00. The summed E-state index contributed by atoms with van der Waals surface area (Å²) in [7, 11) is 1.56. The van der Waals surface area contributed by atoms with E-state index in [2.05, 4.69) is 15.5 Å². The summed E-state index contributed by atoms with van der Waals surface area (Å²) in [5.74, 6) is 1.85. The van der Waals surface area contributed by atoms with Crippen molar-refractivity contribution in [3.63, 3.8) is 0 Å². The van der Waals surface area contributed by atoms with Crippen molar-refractivity contribution in [2.24, 2.45) is 5.10 Å². The largest absolute Gasteiger partial charge is 0.496 e. The van der Waals surface area contributed by atoms with Gasteiger partial charge in [-0.1, -0.05) is 23.9 Å². The van der Waals surface area contributed by atoms with Crippen LogP contribution in [0.3, 0.4) is 0 Å². The molecule has 2 heterocycles. The number of ether oxygens (including phenoxy) is 3. The predicted molar refractivity (Wildman–Crippen MR) is 105 cm³/mol. The summed E-state index contributed by atoms with van der Waals surface area (Å²) >= 11 is 2.95. The standard InChI is InChI=1S/C18H15N3O4S2/c1-23-13-7-15-14(24-10-25-15)6-11(13)8-19-21-17(22)9-26-18-20-12-4-2-3-5-16(12)27-18/h2-8H,9-10H2,1H3,(H,21,22)/b19-8-. The van der Waals surface area contributed by atoms with E-state index in [4.69, 9.17) is 14.2 Å². The van der Waals surface area contributed by atoms with E-state index in [-0.39, 0.29) is 18.5 Å². The number of fused-ring (bicyclic) bond motifs is 2. The molecule has 3 aromatic rings. The molecule has 0 radical (unpaired) electrons. The number of benzene rings is 2. The Morgan fingerprint density at radius 1 is 1.37 bits per heavy atom. The maximum Gasteiger partial charge on any atom is 0.250 e. The van der Waals surface area contributed by atoms with Crippen LogP contribution in [0.4, 0.5) is 0 Å². The Bertz CT molecular complexity index is 986. The summed E-state index contributed by atoms with van der Waals surface area (Å²) in [5.41, 5.74) is 4.14. The van der Waals surface area contributed by atoms with E-state index in [0.717, 1.165) is 14.6 Å². The highest BCUT2D eigenvalue weighted by atomic mass is 32.2. The van der Waals surface area contributed by atoms with Crippen molar-refractivity contribution in [1.29, 1.82) is 0 Å². The molecule has 0 atom stereocenters. The first kappa shape index (κ1) is 17.6. The van der Waals surface area contributed by atoms with Crippen LogP contribution >= 0.6 is 23.1 Å².